The van der Waals surface area contributed by atoms with Crippen LogP contribution in [0.4, 0.5) is 0 Å². The second-order valence-corrected chi connectivity index (χ2v) is 9.01. The van der Waals surface area contributed by atoms with Gasteiger partial charge in [0.05, 0.1) is 0 Å². The highest BCUT2D eigenvalue weighted by Gasteiger charge is 2.44. The highest BCUT2D eigenvalue weighted by atomic mass is 28.4. The topological polar surface area (TPSA) is 18.5 Å². The van der Waals surface area contributed by atoms with Crippen LogP contribution in [0.15, 0.2) is 60.7 Å². The summed E-state index contributed by atoms with van der Waals surface area (Å²) >= 11 is 0. The van der Waals surface area contributed by atoms with Gasteiger partial charge in [-0.2, -0.15) is 0 Å². The summed E-state index contributed by atoms with van der Waals surface area (Å²) in [5, 5.41) is 2.38. The zero-order valence-corrected chi connectivity index (χ0v) is 16.2. The molecule has 0 aliphatic heterocycles. The van der Waals surface area contributed by atoms with Crippen LogP contribution in [0.3, 0.4) is 0 Å². The highest BCUT2D eigenvalue weighted by Crippen LogP contribution is 2.18. The van der Waals surface area contributed by atoms with Gasteiger partial charge in [-0.05, 0) is 30.1 Å². The van der Waals surface area contributed by atoms with Gasteiger partial charge < -0.3 is 8.85 Å². The Hall–Kier alpha value is -1.42. The standard InChI is InChI=1S/C21H30O2Si/c1-4-13-19(14-5-2)23-24(22-6-3,20-15-9-7-10-16-20)21-17-11-8-12-18-21/h7-12,15-19H,4-6,13-14H2,1-3H3. The molecule has 0 fully saturated rings. The van der Waals surface area contributed by atoms with Crippen molar-refractivity contribution in [1.82, 2.24) is 0 Å². The van der Waals surface area contributed by atoms with Crippen LogP contribution in [0.5, 0.6) is 0 Å². The van der Waals surface area contributed by atoms with Gasteiger partial charge in [-0.25, -0.2) is 0 Å². The minimum absolute atomic E-state index is 0.249. The van der Waals surface area contributed by atoms with Gasteiger partial charge in [0.25, 0.3) is 0 Å². The third kappa shape index (κ3) is 4.56. The Morgan fingerprint density at radius 3 is 1.58 bits per heavy atom. The monoisotopic (exact) mass is 342 g/mol. The summed E-state index contributed by atoms with van der Waals surface area (Å²) in [4.78, 5) is 0. The van der Waals surface area contributed by atoms with Crippen LogP contribution in [0.1, 0.15) is 46.5 Å². The van der Waals surface area contributed by atoms with E-state index in [0.717, 1.165) is 25.7 Å². The minimum atomic E-state index is -2.69. The molecule has 0 N–H and O–H groups in total. The molecule has 0 radical (unpaired) electrons. The molecule has 130 valence electrons. The molecule has 0 spiro atoms. The first-order valence-electron chi connectivity index (χ1n) is 9.19. The number of hydrogen-bond donors (Lipinski definition) is 0. The van der Waals surface area contributed by atoms with E-state index in [0.29, 0.717) is 6.61 Å². The van der Waals surface area contributed by atoms with Crippen LogP contribution in [0.25, 0.3) is 0 Å². The van der Waals surface area contributed by atoms with E-state index >= 15 is 0 Å². The molecule has 2 rings (SSSR count). The molecule has 0 saturated heterocycles. The first-order valence-corrected chi connectivity index (χ1v) is 11.0. The molecular formula is C21H30O2Si. The molecule has 0 heterocycles. The van der Waals surface area contributed by atoms with Gasteiger partial charge in [0.15, 0.2) is 0 Å². The summed E-state index contributed by atoms with van der Waals surface area (Å²) in [6.07, 6.45) is 4.67. The molecule has 0 aliphatic carbocycles. The van der Waals surface area contributed by atoms with E-state index < -0.39 is 8.56 Å². The van der Waals surface area contributed by atoms with Crippen LogP contribution in [0, 0.1) is 0 Å². The van der Waals surface area contributed by atoms with Gasteiger partial charge in [-0.1, -0.05) is 87.4 Å². The van der Waals surface area contributed by atoms with Gasteiger partial charge >= 0.3 is 8.56 Å². The van der Waals surface area contributed by atoms with Crippen molar-refractivity contribution in [3.05, 3.63) is 60.7 Å². The second-order valence-electron chi connectivity index (χ2n) is 6.10. The van der Waals surface area contributed by atoms with Crippen molar-refractivity contribution < 1.29 is 8.85 Å². The minimum Gasteiger partial charge on any atom is -0.388 e. The van der Waals surface area contributed by atoms with Crippen molar-refractivity contribution in [3.63, 3.8) is 0 Å². The molecule has 24 heavy (non-hydrogen) atoms. The Labute approximate surface area is 148 Å². The van der Waals surface area contributed by atoms with E-state index in [4.69, 9.17) is 8.85 Å². The quantitative estimate of drug-likeness (QED) is 0.601. The molecule has 0 atom stereocenters. The molecule has 0 saturated carbocycles. The zero-order chi connectivity index (χ0) is 17.3. The molecule has 2 nitrogen and oxygen atoms in total. The van der Waals surface area contributed by atoms with Gasteiger partial charge in [-0.15, -0.1) is 0 Å². The second kappa shape index (κ2) is 9.77. The van der Waals surface area contributed by atoms with Crippen LogP contribution in [-0.2, 0) is 8.85 Å². The van der Waals surface area contributed by atoms with E-state index in [2.05, 4.69) is 81.4 Å². The molecule has 3 heteroatoms. The smallest absolute Gasteiger partial charge is 0.388 e. The van der Waals surface area contributed by atoms with Crippen LogP contribution >= 0.6 is 0 Å². The van der Waals surface area contributed by atoms with Gasteiger partial charge in [-0.3, -0.25) is 0 Å². The lowest BCUT2D eigenvalue weighted by atomic mass is 10.1. The number of benzene rings is 2. The SMILES string of the molecule is CCCC(CCC)O[Si](OCC)(c1ccccc1)c1ccccc1. The van der Waals surface area contributed by atoms with E-state index in [1.54, 1.807) is 0 Å². The average molecular weight is 343 g/mol. The van der Waals surface area contributed by atoms with Crippen LogP contribution < -0.4 is 10.4 Å². The van der Waals surface area contributed by atoms with Crippen LogP contribution in [-0.4, -0.2) is 21.3 Å². The summed E-state index contributed by atoms with van der Waals surface area (Å²) in [5.74, 6) is 0. The summed E-state index contributed by atoms with van der Waals surface area (Å²) in [6.45, 7) is 7.16. The Morgan fingerprint density at radius 2 is 1.21 bits per heavy atom. The van der Waals surface area contributed by atoms with E-state index in [-0.39, 0.29) is 6.10 Å². The fraction of sp³-hybridized carbons (Fsp3) is 0.429. The molecule has 0 amide bonds. The lowest BCUT2D eigenvalue weighted by Gasteiger charge is -2.35. The largest absolute Gasteiger partial charge is 0.407 e. The van der Waals surface area contributed by atoms with Gasteiger partial charge in [0.2, 0.25) is 0 Å². The maximum Gasteiger partial charge on any atom is 0.407 e. The van der Waals surface area contributed by atoms with E-state index in [9.17, 15) is 0 Å². The highest BCUT2D eigenvalue weighted by molar-refractivity contribution is 6.92. The third-order valence-electron chi connectivity index (χ3n) is 4.21. The fourth-order valence-electron chi connectivity index (χ4n) is 3.16. The molecule has 0 aliphatic rings. The summed E-state index contributed by atoms with van der Waals surface area (Å²) in [7, 11) is -2.69. The van der Waals surface area contributed by atoms with Crippen molar-refractivity contribution in [3.8, 4) is 0 Å². The molecule has 0 aromatic heterocycles. The lowest BCUT2D eigenvalue weighted by molar-refractivity contribution is 0.119. The Bertz CT molecular complexity index is 525. The molecule has 0 unspecified atom stereocenters. The Kier molecular flexibility index (Phi) is 7.70. The first kappa shape index (κ1) is 18.9. The third-order valence-corrected chi connectivity index (χ3v) is 7.76. The maximum atomic E-state index is 6.85. The predicted octanol–water partition coefficient (Wildman–Crippen LogP) is 4.26. The predicted molar refractivity (Wildman–Crippen MR) is 104 cm³/mol. The molecular weight excluding hydrogens is 312 g/mol. The summed E-state index contributed by atoms with van der Waals surface area (Å²) < 4.78 is 13.3. The van der Waals surface area contributed by atoms with Gasteiger partial charge in [0.1, 0.15) is 0 Å². The summed E-state index contributed by atoms with van der Waals surface area (Å²) in [6, 6.07) is 21.0. The van der Waals surface area contributed by atoms with Crippen molar-refractivity contribution in [2.45, 2.75) is 52.6 Å². The van der Waals surface area contributed by atoms with Crippen LogP contribution in [0.2, 0.25) is 0 Å². The zero-order valence-electron chi connectivity index (χ0n) is 15.2. The Balaban J connectivity index is 2.49. The fourth-order valence-corrected chi connectivity index (χ4v) is 6.54. The average Bonchev–Trinajstić information content (AvgIpc) is 2.63. The van der Waals surface area contributed by atoms with E-state index in [1.165, 1.54) is 10.4 Å². The maximum absolute atomic E-state index is 6.85. The molecule has 0 bridgehead atoms. The molecule has 2 aromatic rings. The van der Waals surface area contributed by atoms with E-state index in [1.807, 2.05) is 0 Å². The summed E-state index contributed by atoms with van der Waals surface area (Å²) in [5.41, 5.74) is 0. The van der Waals surface area contributed by atoms with Crippen molar-refractivity contribution in [2.24, 2.45) is 0 Å². The van der Waals surface area contributed by atoms with Crippen molar-refractivity contribution >= 4 is 18.9 Å². The van der Waals surface area contributed by atoms with Crippen molar-refractivity contribution in [1.29, 1.82) is 0 Å². The first-order chi connectivity index (χ1) is 11.8. The Morgan fingerprint density at radius 1 is 0.750 bits per heavy atom. The lowest BCUT2D eigenvalue weighted by Crippen LogP contribution is -2.64. The number of hydrogen-bond acceptors (Lipinski definition) is 2. The molecule has 2 aromatic carbocycles. The van der Waals surface area contributed by atoms with Gasteiger partial charge in [0, 0.05) is 12.7 Å². The van der Waals surface area contributed by atoms with Crippen molar-refractivity contribution in [2.75, 3.05) is 6.61 Å². The normalized spacial score (nSPS) is 11.8. The number of rotatable bonds is 10.